The van der Waals surface area contributed by atoms with Crippen molar-refractivity contribution in [3.63, 3.8) is 0 Å². The first-order valence-electron chi connectivity index (χ1n) is 9.07. The van der Waals surface area contributed by atoms with E-state index in [1.807, 2.05) is 24.3 Å². The van der Waals surface area contributed by atoms with E-state index < -0.39 is 23.5 Å². The summed E-state index contributed by atoms with van der Waals surface area (Å²) in [5.41, 5.74) is 1.48. The standard InChI is InChI=1S/C22H18N2O5/c1-12-14-6-3-5-9-18(14)29-22(28)19(12)20(25)24-17(21(26)27)10-13-11-23-16-8-4-2-7-15(13)16/h2-9,11,17,23H,10H2,1H3,(H,24,25)(H,26,27)/t17-/m0/s1. The highest BCUT2D eigenvalue weighted by atomic mass is 16.4. The molecule has 2 aromatic carbocycles. The number of carbonyl (C=O) groups is 2. The van der Waals surface area contributed by atoms with Crippen LogP contribution in [0.3, 0.4) is 0 Å². The van der Waals surface area contributed by atoms with Crippen LogP contribution in [0.15, 0.2) is 63.9 Å². The predicted octanol–water partition coefficient (Wildman–Crippen LogP) is 3.01. The van der Waals surface area contributed by atoms with Gasteiger partial charge in [-0.05, 0) is 30.2 Å². The van der Waals surface area contributed by atoms with E-state index in [0.29, 0.717) is 16.5 Å². The van der Waals surface area contributed by atoms with Gasteiger partial charge in [0.1, 0.15) is 17.2 Å². The van der Waals surface area contributed by atoms with Crippen LogP contribution in [0.25, 0.3) is 21.9 Å². The van der Waals surface area contributed by atoms with Crippen LogP contribution >= 0.6 is 0 Å². The molecule has 4 rings (SSSR count). The fourth-order valence-electron chi connectivity index (χ4n) is 3.52. The minimum absolute atomic E-state index is 0.0725. The number of aromatic nitrogens is 1. The van der Waals surface area contributed by atoms with Crippen molar-refractivity contribution in [2.75, 3.05) is 0 Å². The number of carbonyl (C=O) groups excluding carboxylic acids is 1. The number of carboxylic acids is 1. The Balaban J connectivity index is 1.66. The van der Waals surface area contributed by atoms with Crippen molar-refractivity contribution >= 4 is 33.7 Å². The van der Waals surface area contributed by atoms with Crippen LogP contribution in [0.1, 0.15) is 21.5 Å². The first kappa shape index (κ1) is 18.5. The van der Waals surface area contributed by atoms with Gasteiger partial charge in [-0.2, -0.15) is 0 Å². The van der Waals surface area contributed by atoms with Gasteiger partial charge in [-0.15, -0.1) is 0 Å². The molecule has 4 aromatic rings. The monoisotopic (exact) mass is 390 g/mol. The third-order valence-electron chi connectivity index (χ3n) is 5.00. The van der Waals surface area contributed by atoms with Crippen molar-refractivity contribution in [1.82, 2.24) is 10.3 Å². The lowest BCUT2D eigenvalue weighted by Gasteiger charge is -2.15. The Hall–Kier alpha value is -3.87. The van der Waals surface area contributed by atoms with Gasteiger partial charge in [-0.1, -0.05) is 36.4 Å². The molecular formula is C22H18N2O5. The number of aromatic amines is 1. The molecule has 2 aromatic heterocycles. The number of hydrogen-bond donors (Lipinski definition) is 3. The number of benzene rings is 2. The van der Waals surface area contributed by atoms with Crippen molar-refractivity contribution < 1.29 is 19.1 Å². The third kappa shape index (κ3) is 3.38. The van der Waals surface area contributed by atoms with Gasteiger partial charge in [0.25, 0.3) is 5.91 Å². The lowest BCUT2D eigenvalue weighted by molar-refractivity contribution is -0.139. The summed E-state index contributed by atoms with van der Waals surface area (Å²) in [5.74, 6) is -1.96. The van der Waals surface area contributed by atoms with Crippen LogP contribution in [-0.4, -0.2) is 28.0 Å². The normalized spacial score (nSPS) is 12.2. The summed E-state index contributed by atoms with van der Waals surface area (Å²) in [6.07, 6.45) is 1.80. The molecule has 0 saturated carbocycles. The zero-order chi connectivity index (χ0) is 20.5. The van der Waals surface area contributed by atoms with Gasteiger partial charge in [0.05, 0.1) is 0 Å². The molecule has 1 atom stereocenters. The summed E-state index contributed by atoms with van der Waals surface area (Å²) in [6.45, 7) is 1.64. The molecule has 146 valence electrons. The number of nitrogens with one attached hydrogen (secondary N) is 2. The van der Waals surface area contributed by atoms with Gasteiger partial charge >= 0.3 is 11.6 Å². The Bertz CT molecular complexity index is 1300. The smallest absolute Gasteiger partial charge is 0.349 e. The Morgan fingerprint density at radius 1 is 1.10 bits per heavy atom. The molecule has 0 spiro atoms. The summed E-state index contributed by atoms with van der Waals surface area (Å²) < 4.78 is 5.23. The molecular weight excluding hydrogens is 372 g/mol. The minimum atomic E-state index is -1.20. The Morgan fingerprint density at radius 2 is 1.79 bits per heavy atom. The highest BCUT2D eigenvalue weighted by molar-refractivity contribution is 6.01. The predicted molar refractivity (Wildman–Crippen MR) is 108 cm³/mol. The highest BCUT2D eigenvalue weighted by Gasteiger charge is 2.26. The van der Waals surface area contributed by atoms with Crippen molar-refractivity contribution in [2.24, 2.45) is 0 Å². The topological polar surface area (TPSA) is 112 Å². The molecule has 29 heavy (non-hydrogen) atoms. The summed E-state index contributed by atoms with van der Waals surface area (Å²) in [5, 5.41) is 13.6. The molecule has 0 unspecified atom stereocenters. The summed E-state index contributed by atoms with van der Waals surface area (Å²) in [7, 11) is 0. The summed E-state index contributed by atoms with van der Waals surface area (Å²) in [6, 6.07) is 13.2. The van der Waals surface area contributed by atoms with Gasteiger partial charge in [-0.25, -0.2) is 9.59 Å². The number of aliphatic carboxylic acids is 1. The molecule has 3 N–H and O–H groups in total. The van der Waals surface area contributed by atoms with Gasteiger partial charge in [0, 0.05) is 28.9 Å². The molecule has 0 saturated heterocycles. The van der Waals surface area contributed by atoms with Crippen molar-refractivity contribution in [3.8, 4) is 0 Å². The first-order chi connectivity index (χ1) is 14.0. The van der Waals surface area contributed by atoms with E-state index in [0.717, 1.165) is 16.5 Å². The fraction of sp³-hybridized carbons (Fsp3) is 0.136. The maximum Gasteiger partial charge on any atom is 0.349 e. The third-order valence-corrected chi connectivity index (χ3v) is 5.00. The Morgan fingerprint density at radius 3 is 2.55 bits per heavy atom. The second-order valence-corrected chi connectivity index (χ2v) is 6.81. The largest absolute Gasteiger partial charge is 0.480 e. The highest BCUT2D eigenvalue weighted by Crippen LogP contribution is 2.21. The second kappa shape index (κ2) is 7.27. The lowest BCUT2D eigenvalue weighted by atomic mass is 10.0. The number of fused-ring (bicyclic) bond motifs is 2. The number of carboxylic acid groups (broad SMARTS) is 1. The molecule has 0 bridgehead atoms. The molecule has 0 aliphatic heterocycles. The van der Waals surface area contributed by atoms with E-state index in [1.165, 1.54) is 0 Å². The minimum Gasteiger partial charge on any atom is -0.480 e. The van der Waals surface area contributed by atoms with Gasteiger partial charge in [0.15, 0.2) is 0 Å². The number of aryl methyl sites for hydroxylation is 1. The van der Waals surface area contributed by atoms with E-state index in [4.69, 9.17) is 4.42 Å². The van der Waals surface area contributed by atoms with Crippen LogP contribution in [0, 0.1) is 6.92 Å². The summed E-state index contributed by atoms with van der Waals surface area (Å²) >= 11 is 0. The number of para-hydroxylation sites is 2. The quantitative estimate of drug-likeness (QED) is 0.454. The van der Waals surface area contributed by atoms with Crippen LogP contribution in [0.2, 0.25) is 0 Å². The fourth-order valence-corrected chi connectivity index (χ4v) is 3.52. The molecule has 7 nitrogen and oxygen atoms in total. The number of rotatable bonds is 5. The van der Waals surface area contributed by atoms with Crippen LogP contribution in [0.5, 0.6) is 0 Å². The number of H-pyrrole nitrogens is 1. The maximum absolute atomic E-state index is 12.8. The molecule has 1 amide bonds. The van der Waals surface area contributed by atoms with Gasteiger partial charge in [0.2, 0.25) is 0 Å². The van der Waals surface area contributed by atoms with Crippen LogP contribution < -0.4 is 10.9 Å². The second-order valence-electron chi connectivity index (χ2n) is 6.81. The molecule has 0 aliphatic carbocycles. The number of amides is 1. The molecule has 0 fully saturated rings. The van der Waals surface area contributed by atoms with Crippen molar-refractivity contribution in [3.05, 3.63) is 81.8 Å². The van der Waals surface area contributed by atoms with E-state index in [9.17, 15) is 19.5 Å². The van der Waals surface area contributed by atoms with Crippen LogP contribution in [0.4, 0.5) is 0 Å². The van der Waals surface area contributed by atoms with Crippen LogP contribution in [-0.2, 0) is 11.2 Å². The zero-order valence-corrected chi connectivity index (χ0v) is 15.6. The Labute approximate surface area is 165 Å². The maximum atomic E-state index is 12.8. The van der Waals surface area contributed by atoms with E-state index in [-0.39, 0.29) is 12.0 Å². The van der Waals surface area contributed by atoms with Crippen molar-refractivity contribution in [1.29, 1.82) is 0 Å². The lowest BCUT2D eigenvalue weighted by Crippen LogP contribution is -2.44. The Kier molecular flexibility index (Phi) is 4.64. The average Bonchev–Trinajstić information content (AvgIpc) is 3.10. The van der Waals surface area contributed by atoms with E-state index >= 15 is 0 Å². The first-order valence-corrected chi connectivity index (χ1v) is 9.07. The van der Waals surface area contributed by atoms with E-state index in [1.54, 1.807) is 37.4 Å². The SMILES string of the molecule is Cc1c(C(=O)N[C@@H](Cc2c[nH]c3ccccc23)C(=O)O)c(=O)oc2ccccc12. The number of hydrogen-bond acceptors (Lipinski definition) is 4. The molecule has 2 heterocycles. The summed E-state index contributed by atoms with van der Waals surface area (Å²) in [4.78, 5) is 40.0. The molecule has 7 heteroatoms. The molecule has 0 aliphatic rings. The molecule has 0 radical (unpaired) electrons. The van der Waals surface area contributed by atoms with Gasteiger partial charge < -0.3 is 19.8 Å². The van der Waals surface area contributed by atoms with Crippen molar-refractivity contribution in [2.45, 2.75) is 19.4 Å². The average molecular weight is 390 g/mol. The zero-order valence-electron chi connectivity index (χ0n) is 15.6. The van der Waals surface area contributed by atoms with Gasteiger partial charge in [-0.3, -0.25) is 4.79 Å². The van der Waals surface area contributed by atoms with E-state index in [2.05, 4.69) is 10.3 Å².